The van der Waals surface area contributed by atoms with Crippen molar-refractivity contribution in [1.29, 1.82) is 0 Å². The van der Waals surface area contributed by atoms with Gasteiger partial charge in [0.2, 0.25) is 0 Å². The molecule has 10 nitrogen and oxygen atoms in total. The summed E-state index contributed by atoms with van der Waals surface area (Å²) in [7, 11) is 0. The van der Waals surface area contributed by atoms with Gasteiger partial charge in [-0.15, -0.1) is 0 Å². The molecule has 2 saturated heterocycles. The first-order valence-electron chi connectivity index (χ1n) is 10.8. The molecule has 176 valence electrons. The number of nitrogens with zero attached hydrogens (tertiary/aromatic N) is 2. The van der Waals surface area contributed by atoms with E-state index >= 15 is 0 Å². The number of nitrogens with one attached hydrogen (secondary N) is 2. The molecule has 2 N–H and O–H groups in total. The normalized spacial score (nSPS) is 21.3. The fourth-order valence-electron chi connectivity index (χ4n) is 3.65. The van der Waals surface area contributed by atoms with Gasteiger partial charge in [-0.3, -0.25) is 14.5 Å². The van der Waals surface area contributed by atoms with Crippen molar-refractivity contribution in [2.24, 2.45) is 0 Å². The van der Waals surface area contributed by atoms with Gasteiger partial charge in [-0.2, -0.15) is 5.06 Å². The Morgan fingerprint density at radius 3 is 2.59 bits per heavy atom. The lowest BCUT2D eigenvalue weighted by atomic mass is 10.0. The molecule has 2 aliphatic heterocycles. The van der Waals surface area contributed by atoms with Crippen LogP contribution < -0.4 is 10.8 Å². The van der Waals surface area contributed by atoms with Gasteiger partial charge in [-0.1, -0.05) is 30.3 Å². The molecule has 0 aromatic heterocycles. The summed E-state index contributed by atoms with van der Waals surface area (Å²) >= 11 is 0. The van der Waals surface area contributed by atoms with E-state index < -0.39 is 23.6 Å². The van der Waals surface area contributed by atoms with Gasteiger partial charge in [-0.05, 0) is 46.1 Å². The van der Waals surface area contributed by atoms with Gasteiger partial charge in [0.15, 0.2) is 0 Å². The number of hydroxylamine groups is 3. The van der Waals surface area contributed by atoms with Crippen molar-refractivity contribution >= 4 is 18.0 Å². The molecule has 2 aliphatic rings. The topological polar surface area (TPSA) is 109 Å². The highest BCUT2D eigenvalue weighted by Gasteiger charge is 2.48. The molecular formula is C22H32N4O6. The van der Waals surface area contributed by atoms with Crippen LogP contribution in [0.3, 0.4) is 0 Å². The predicted molar refractivity (Wildman–Crippen MR) is 115 cm³/mol. The minimum absolute atomic E-state index is 0.0561. The number of urea groups is 1. The van der Waals surface area contributed by atoms with E-state index in [1.165, 1.54) is 9.96 Å². The Morgan fingerprint density at radius 1 is 1.19 bits per heavy atom. The zero-order valence-corrected chi connectivity index (χ0v) is 19.0. The van der Waals surface area contributed by atoms with Gasteiger partial charge in [0.1, 0.15) is 18.2 Å². The number of carbonyl (C=O) groups excluding carboxylic acids is 3. The largest absolute Gasteiger partial charge is 0.444 e. The Balaban J connectivity index is 1.43. The number of carbonyl (C=O) groups is 3. The zero-order valence-electron chi connectivity index (χ0n) is 19.0. The van der Waals surface area contributed by atoms with E-state index in [1.54, 1.807) is 27.7 Å². The van der Waals surface area contributed by atoms with Gasteiger partial charge in [0.25, 0.3) is 5.91 Å². The molecule has 3 rings (SSSR count). The second kappa shape index (κ2) is 10.2. The number of amides is 4. The third-order valence-electron chi connectivity index (χ3n) is 5.11. The second-order valence-electron chi connectivity index (χ2n) is 9.09. The first-order chi connectivity index (χ1) is 15.1. The smallest absolute Gasteiger partial charge is 0.407 e. The lowest BCUT2D eigenvalue weighted by Crippen LogP contribution is -2.50. The summed E-state index contributed by atoms with van der Waals surface area (Å²) < 4.78 is 5.18. The van der Waals surface area contributed by atoms with Crippen LogP contribution in [0.2, 0.25) is 0 Å². The van der Waals surface area contributed by atoms with E-state index in [9.17, 15) is 14.4 Å². The molecule has 0 spiro atoms. The van der Waals surface area contributed by atoms with Crippen LogP contribution in [-0.2, 0) is 25.8 Å². The Bertz CT molecular complexity index is 812. The van der Waals surface area contributed by atoms with Crippen LogP contribution in [-0.4, -0.2) is 64.9 Å². The number of hydrogen-bond donors (Lipinski definition) is 2. The van der Waals surface area contributed by atoms with Crippen molar-refractivity contribution in [3.63, 3.8) is 0 Å². The van der Waals surface area contributed by atoms with Gasteiger partial charge in [0.05, 0.1) is 18.7 Å². The number of benzene rings is 1. The highest BCUT2D eigenvalue weighted by molar-refractivity contribution is 5.88. The first kappa shape index (κ1) is 23.8. The van der Waals surface area contributed by atoms with Crippen molar-refractivity contribution < 1.29 is 28.8 Å². The van der Waals surface area contributed by atoms with E-state index in [1.807, 2.05) is 30.3 Å². The van der Waals surface area contributed by atoms with Crippen LogP contribution in [0.25, 0.3) is 0 Å². The number of alkyl carbamates (subject to hydrolysis) is 1. The molecule has 32 heavy (non-hydrogen) atoms. The molecular weight excluding hydrogens is 416 g/mol. The third kappa shape index (κ3) is 6.33. The number of hydrogen-bond acceptors (Lipinski definition) is 6. The molecule has 2 heterocycles. The van der Waals surface area contributed by atoms with Gasteiger partial charge < -0.3 is 15.0 Å². The molecule has 1 aromatic carbocycles. The Kier molecular flexibility index (Phi) is 7.57. The van der Waals surface area contributed by atoms with Crippen molar-refractivity contribution in [1.82, 2.24) is 20.8 Å². The van der Waals surface area contributed by atoms with Crippen molar-refractivity contribution in [3.8, 4) is 0 Å². The van der Waals surface area contributed by atoms with Crippen molar-refractivity contribution in [2.75, 3.05) is 13.2 Å². The van der Waals surface area contributed by atoms with Gasteiger partial charge in [-0.25, -0.2) is 15.1 Å². The van der Waals surface area contributed by atoms with E-state index in [4.69, 9.17) is 14.4 Å². The fraction of sp³-hybridized carbons (Fsp3) is 0.591. The summed E-state index contributed by atoms with van der Waals surface area (Å²) in [5.74, 6) is -0.397. The molecule has 3 atom stereocenters. The first-order valence-corrected chi connectivity index (χ1v) is 10.8. The summed E-state index contributed by atoms with van der Waals surface area (Å²) in [6.07, 6.45) is 0.616. The fourth-order valence-corrected chi connectivity index (χ4v) is 3.65. The number of rotatable bonds is 8. The van der Waals surface area contributed by atoms with Crippen LogP contribution in [0.4, 0.5) is 9.59 Å². The summed E-state index contributed by atoms with van der Waals surface area (Å²) in [5.41, 5.74) is 2.76. The average molecular weight is 449 g/mol. The lowest BCUT2D eigenvalue weighted by Gasteiger charge is -2.29. The third-order valence-corrected chi connectivity index (χ3v) is 5.11. The van der Waals surface area contributed by atoms with E-state index in [2.05, 4.69) is 10.8 Å². The zero-order chi connectivity index (χ0) is 23.3. The van der Waals surface area contributed by atoms with E-state index in [-0.39, 0.29) is 24.7 Å². The number of fused-ring (bicyclic) bond motifs is 2. The lowest BCUT2D eigenvalue weighted by molar-refractivity contribution is -0.141. The SMILES string of the molecule is C[C@H](CONC(=O)C1CC[C@@H]2CN1C(=O)N2OCc1ccccc1)NC(=O)OC(C)(C)C. The monoisotopic (exact) mass is 448 g/mol. The minimum Gasteiger partial charge on any atom is -0.444 e. The summed E-state index contributed by atoms with van der Waals surface area (Å²) in [6, 6.07) is 8.21. The van der Waals surface area contributed by atoms with Gasteiger partial charge in [0, 0.05) is 6.54 Å². The summed E-state index contributed by atoms with van der Waals surface area (Å²) in [5, 5.41) is 4.01. The maximum atomic E-state index is 12.8. The predicted octanol–water partition coefficient (Wildman–Crippen LogP) is 2.35. The molecule has 2 bridgehead atoms. The maximum Gasteiger partial charge on any atom is 0.407 e. The van der Waals surface area contributed by atoms with Crippen LogP contribution in [0.15, 0.2) is 30.3 Å². The molecule has 0 aliphatic carbocycles. The molecule has 0 saturated carbocycles. The minimum atomic E-state index is -0.627. The maximum absolute atomic E-state index is 12.8. The molecule has 0 radical (unpaired) electrons. The summed E-state index contributed by atoms with van der Waals surface area (Å²) in [4.78, 5) is 49.7. The standard InChI is InChI=1S/C22H32N4O6/c1-15(23-20(28)32-22(2,3)4)13-30-24-19(27)18-11-10-17-12-25(18)21(29)26(17)31-14-16-8-6-5-7-9-16/h5-9,15,17-18H,10-14H2,1-4H3,(H,23,28)(H,24,27)/t15-,17-,18?/m1/s1. The number of ether oxygens (including phenoxy) is 1. The van der Waals surface area contributed by atoms with Gasteiger partial charge >= 0.3 is 12.1 Å². The molecule has 10 heteroatoms. The Morgan fingerprint density at radius 2 is 1.91 bits per heavy atom. The van der Waals surface area contributed by atoms with E-state index in [0.717, 1.165) is 5.56 Å². The highest BCUT2D eigenvalue weighted by atomic mass is 16.7. The summed E-state index contributed by atoms with van der Waals surface area (Å²) in [6.45, 7) is 7.83. The van der Waals surface area contributed by atoms with Crippen LogP contribution in [0, 0.1) is 0 Å². The molecule has 1 aromatic rings. The Labute approximate surface area is 188 Å². The van der Waals surface area contributed by atoms with E-state index in [0.29, 0.717) is 26.0 Å². The highest BCUT2D eigenvalue weighted by Crippen LogP contribution is 2.30. The van der Waals surface area contributed by atoms with Crippen molar-refractivity contribution in [2.45, 2.75) is 70.9 Å². The number of piperidine rings is 1. The van der Waals surface area contributed by atoms with Crippen LogP contribution in [0.1, 0.15) is 46.1 Å². The molecule has 2 fully saturated rings. The quantitative estimate of drug-likeness (QED) is 0.591. The second-order valence-corrected chi connectivity index (χ2v) is 9.09. The van der Waals surface area contributed by atoms with Crippen molar-refractivity contribution in [3.05, 3.63) is 35.9 Å². The Hall–Kier alpha value is -2.85. The van der Waals surface area contributed by atoms with Crippen LogP contribution >= 0.6 is 0 Å². The average Bonchev–Trinajstić information content (AvgIpc) is 2.95. The van der Waals surface area contributed by atoms with Crippen LogP contribution in [0.5, 0.6) is 0 Å². The molecule has 4 amide bonds. The molecule has 1 unspecified atom stereocenters.